The van der Waals surface area contributed by atoms with Crippen LogP contribution in [0.5, 0.6) is 5.75 Å². The Morgan fingerprint density at radius 2 is 2.00 bits per heavy atom. The molecule has 0 bridgehead atoms. The molecule has 3 aromatic rings. The molecule has 0 aliphatic heterocycles. The molecule has 0 saturated carbocycles. The van der Waals surface area contributed by atoms with Crippen molar-refractivity contribution in [1.82, 2.24) is 15.0 Å². The van der Waals surface area contributed by atoms with Gasteiger partial charge in [0.25, 0.3) is 0 Å². The van der Waals surface area contributed by atoms with Gasteiger partial charge in [0.1, 0.15) is 18.1 Å². The quantitative estimate of drug-likeness (QED) is 0.587. The van der Waals surface area contributed by atoms with Crippen molar-refractivity contribution in [1.29, 1.82) is 0 Å². The molecule has 24 heavy (non-hydrogen) atoms. The van der Waals surface area contributed by atoms with Crippen LogP contribution in [0.15, 0.2) is 48.7 Å². The van der Waals surface area contributed by atoms with Crippen LogP contribution in [-0.4, -0.2) is 40.4 Å². The van der Waals surface area contributed by atoms with E-state index in [1.54, 1.807) is 4.68 Å². The van der Waals surface area contributed by atoms with Gasteiger partial charge in [0, 0.05) is 18.3 Å². The highest BCUT2D eigenvalue weighted by Gasteiger charge is 2.08. The molecule has 0 aliphatic carbocycles. The number of nitrogens with one attached hydrogen (secondary N) is 1. The highest BCUT2D eigenvalue weighted by Crippen LogP contribution is 2.25. The van der Waals surface area contributed by atoms with E-state index in [0.717, 1.165) is 32.0 Å². The fourth-order valence-electron chi connectivity index (χ4n) is 2.23. The number of nitrogens with zero attached hydrogens (tertiary/aromatic N) is 3. The molecule has 0 saturated heterocycles. The summed E-state index contributed by atoms with van der Waals surface area (Å²) < 4.78 is 8.15. The van der Waals surface area contributed by atoms with Crippen molar-refractivity contribution in [2.45, 2.75) is 0 Å². The first kappa shape index (κ1) is 16.7. The summed E-state index contributed by atoms with van der Waals surface area (Å²) in [6, 6.07) is 13.8. The van der Waals surface area contributed by atoms with Crippen LogP contribution >= 0.6 is 22.6 Å². The average molecular weight is 432 g/mol. The number of aliphatic hydroxyl groups excluding tert-OH is 1. The largest absolute Gasteiger partial charge is 0.490 e. The highest BCUT2D eigenvalue weighted by molar-refractivity contribution is 14.1. The summed E-state index contributed by atoms with van der Waals surface area (Å²) in [6.45, 7) is 0.280. The van der Waals surface area contributed by atoms with Crippen LogP contribution in [0.1, 0.15) is 0 Å². The van der Waals surface area contributed by atoms with E-state index in [2.05, 4.69) is 38.2 Å². The molecule has 0 fully saturated rings. The van der Waals surface area contributed by atoms with Crippen molar-refractivity contribution >= 4 is 28.3 Å². The molecule has 2 N–H and O–H groups in total. The molecule has 0 unspecified atom stereocenters. The molecule has 1 heterocycles. The van der Waals surface area contributed by atoms with E-state index in [0.29, 0.717) is 0 Å². The lowest BCUT2D eigenvalue weighted by Gasteiger charge is -2.08. The SMILES string of the molecule is CNc1ccc(-c2cn(-c3ccc(OCCO)c([123I])c3)nn2)cc1. The summed E-state index contributed by atoms with van der Waals surface area (Å²) >= 11 is 2.20. The Hall–Kier alpha value is -2.13. The molecule has 0 spiro atoms. The molecule has 1 aromatic heterocycles. The third-order valence-electron chi connectivity index (χ3n) is 3.49. The molecule has 124 valence electrons. The molecule has 0 radical (unpaired) electrons. The second-order valence-electron chi connectivity index (χ2n) is 5.06. The predicted molar refractivity (Wildman–Crippen MR) is 102 cm³/mol. The Balaban J connectivity index is 1.83. The second-order valence-corrected chi connectivity index (χ2v) is 6.22. The van der Waals surface area contributed by atoms with Gasteiger partial charge in [-0.25, -0.2) is 4.68 Å². The first-order valence-corrected chi connectivity index (χ1v) is 8.53. The number of hydrogen-bond donors (Lipinski definition) is 2. The number of anilines is 1. The summed E-state index contributed by atoms with van der Waals surface area (Å²) in [5.74, 6) is 0.747. The first-order chi connectivity index (χ1) is 11.7. The Kier molecular flexibility index (Phi) is 5.31. The van der Waals surface area contributed by atoms with Gasteiger partial charge in [-0.3, -0.25) is 0 Å². The minimum atomic E-state index is -0.00336. The monoisotopic (exact) mass is 432 g/mol. The maximum atomic E-state index is 8.84. The van der Waals surface area contributed by atoms with E-state index >= 15 is 0 Å². The van der Waals surface area contributed by atoms with Gasteiger partial charge in [0.2, 0.25) is 0 Å². The number of benzene rings is 2. The van der Waals surface area contributed by atoms with E-state index in [4.69, 9.17) is 9.84 Å². The van der Waals surface area contributed by atoms with E-state index in [-0.39, 0.29) is 13.2 Å². The normalized spacial score (nSPS) is 10.6. The lowest BCUT2D eigenvalue weighted by molar-refractivity contribution is 0.200. The summed E-state index contributed by atoms with van der Waals surface area (Å²) in [5, 5.41) is 20.4. The Bertz CT molecular complexity index is 818. The van der Waals surface area contributed by atoms with E-state index in [1.807, 2.05) is 55.7 Å². The second kappa shape index (κ2) is 7.63. The Labute approximate surface area is 153 Å². The molecule has 0 aliphatic rings. The topological polar surface area (TPSA) is 72.2 Å². The third kappa shape index (κ3) is 3.68. The number of rotatable bonds is 6. The van der Waals surface area contributed by atoms with Crippen LogP contribution in [0.3, 0.4) is 0 Å². The van der Waals surface area contributed by atoms with Crippen molar-refractivity contribution < 1.29 is 9.84 Å². The fraction of sp³-hybridized carbons (Fsp3) is 0.176. The van der Waals surface area contributed by atoms with Gasteiger partial charge in [-0.1, -0.05) is 17.3 Å². The molecule has 0 atom stereocenters. The van der Waals surface area contributed by atoms with Crippen molar-refractivity contribution in [3.8, 4) is 22.7 Å². The van der Waals surface area contributed by atoms with Crippen LogP contribution in [0.25, 0.3) is 16.9 Å². The van der Waals surface area contributed by atoms with Crippen molar-refractivity contribution in [2.24, 2.45) is 0 Å². The third-order valence-corrected chi connectivity index (χ3v) is 4.33. The number of ether oxygens (including phenoxy) is 1. The number of aliphatic hydroxyl groups is 1. The van der Waals surface area contributed by atoms with E-state index in [9.17, 15) is 0 Å². The average Bonchev–Trinajstić information content (AvgIpc) is 3.11. The summed E-state index contributed by atoms with van der Waals surface area (Å²) in [4.78, 5) is 0. The standard InChI is InChI=1S/C17H17IN4O2/c1-19-13-4-2-12(3-5-13)16-11-22(21-20-16)14-6-7-17(15(18)10-14)24-9-8-23/h2-7,10-11,19,23H,8-9H2,1H3/i18-4. The zero-order chi connectivity index (χ0) is 16.9. The van der Waals surface area contributed by atoms with Gasteiger partial charge in [0.05, 0.1) is 22.1 Å². The van der Waals surface area contributed by atoms with Crippen LogP contribution in [0.2, 0.25) is 0 Å². The smallest absolute Gasteiger partial charge is 0.132 e. The number of aromatic nitrogens is 3. The molecular formula is C17H17IN4O2. The number of halogens is 1. The zero-order valence-corrected chi connectivity index (χ0v) is 15.3. The van der Waals surface area contributed by atoms with Crippen LogP contribution in [0.4, 0.5) is 5.69 Å². The number of hydrogen-bond acceptors (Lipinski definition) is 5. The van der Waals surface area contributed by atoms with Crippen molar-refractivity contribution in [2.75, 3.05) is 25.6 Å². The van der Waals surface area contributed by atoms with Gasteiger partial charge in [0.15, 0.2) is 0 Å². The van der Waals surface area contributed by atoms with E-state index in [1.165, 1.54) is 0 Å². The summed E-state index contributed by atoms with van der Waals surface area (Å²) in [6.07, 6.45) is 1.90. The predicted octanol–water partition coefficient (Wildman–Crippen LogP) is 2.95. The van der Waals surface area contributed by atoms with Crippen LogP contribution in [0, 0.1) is 3.57 Å². The van der Waals surface area contributed by atoms with Crippen LogP contribution < -0.4 is 10.1 Å². The zero-order valence-electron chi connectivity index (χ0n) is 13.1. The minimum absolute atomic E-state index is 0.00336. The first-order valence-electron chi connectivity index (χ1n) is 7.45. The van der Waals surface area contributed by atoms with Gasteiger partial charge < -0.3 is 15.2 Å². The van der Waals surface area contributed by atoms with Gasteiger partial charge in [-0.05, 0) is 52.9 Å². The van der Waals surface area contributed by atoms with Gasteiger partial charge in [-0.2, -0.15) is 0 Å². The van der Waals surface area contributed by atoms with Gasteiger partial charge >= 0.3 is 0 Å². The van der Waals surface area contributed by atoms with Crippen LogP contribution in [-0.2, 0) is 0 Å². The maximum Gasteiger partial charge on any atom is 0.132 e. The summed E-state index contributed by atoms with van der Waals surface area (Å²) in [7, 11) is 1.89. The minimum Gasteiger partial charge on any atom is -0.490 e. The Morgan fingerprint density at radius 3 is 2.67 bits per heavy atom. The maximum absolute atomic E-state index is 8.84. The fourth-order valence-corrected chi connectivity index (χ4v) is 2.89. The molecular weight excluding hydrogens is 415 g/mol. The summed E-state index contributed by atoms with van der Waals surface area (Å²) in [5.41, 5.74) is 3.78. The molecule has 7 heteroatoms. The van der Waals surface area contributed by atoms with Gasteiger partial charge in [-0.15, -0.1) is 5.10 Å². The lowest BCUT2D eigenvalue weighted by atomic mass is 10.1. The molecule has 0 amide bonds. The van der Waals surface area contributed by atoms with E-state index < -0.39 is 0 Å². The highest BCUT2D eigenvalue weighted by atomic mass is 123. The molecule has 2 aromatic carbocycles. The Morgan fingerprint density at radius 1 is 1.21 bits per heavy atom. The van der Waals surface area contributed by atoms with Crippen molar-refractivity contribution in [3.63, 3.8) is 0 Å². The molecule has 6 nitrogen and oxygen atoms in total. The molecule has 3 rings (SSSR count). The van der Waals surface area contributed by atoms with Crippen molar-refractivity contribution in [3.05, 3.63) is 52.2 Å². The lowest BCUT2D eigenvalue weighted by Crippen LogP contribution is -2.03.